The summed E-state index contributed by atoms with van der Waals surface area (Å²) in [4.78, 5) is 17.0. The molecule has 1 aliphatic carbocycles. The van der Waals surface area contributed by atoms with Gasteiger partial charge in [-0.2, -0.15) is 4.39 Å². The zero-order valence-corrected chi connectivity index (χ0v) is 11.9. The van der Waals surface area contributed by atoms with Gasteiger partial charge in [-0.15, -0.1) is 0 Å². The molecule has 0 aliphatic heterocycles. The van der Waals surface area contributed by atoms with Crippen LogP contribution in [0.5, 0.6) is 0 Å². The summed E-state index contributed by atoms with van der Waals surface area (Å²) in [7, 11) is 1.74. The molecule has 6 nitrogen and oxygen atoms in total. The molecule has 21 heavy (non-hydrogen) atoms. The summed E-state index contributed by atoms with van der Waals surface area (Å²) < 4.78 is 13.5. The van der Waals surface area contributed by atoms with E-state index in [4.69, 9.17) is 10.8 Å². The number of amides is 1. The average molecular weight is 297 g/mol. The maximum atomic E-state index is 13.5. The van der Waals surface area contributed by atoms with E-state index in [2.05, 4.69) is 4.98 Å². The standard InChI is InChI=1S/C14H20FN3O3/c1-18(6-7-19)8-14(21)5-4-10(13(16)20)9-2-3-11(15)17-12(9)14/h2-3,10,19,21H,4-8H2,1H3,(H2,16,20). The first-order valence-electron chi connectivity index (χ1n) is 6.85. The van der Waals surface area contributed by atoms with Crippen LogP contribution in [0.4, 0.5) is 4.39 Å². The van der Waals surface area contributed by atoms with Crippen molar-refractivity contribution in [3.8, 4) is 0 Å². The highest BCUT2D eigenvalue weighted by Gasteiger charge is 2.42. The summed E-state index contributed by atoms with van der Waals surface area (Å²) in [6.45, 7) is 0.536. The molecule has 1 aliphatic rings. The van der Waals surface area contributed by atoms with Crippen molar-refractivity contribution in [1.82, 2.24) is 9.88 Å². The Morgan fingerprint density at radius 2 is 2.33 bits per heavy atom. The van der Waals surface area contributed by atoms with Crippen LogP contribution in [-0.4, -0.2) is 52.7 Å². The van der Waals surface area contributed by atoms with Gasteiger partial charge in [0.2, 0.25) is 11.9 Å². The van der Waals surface area contributed by atoms with Crippen LogP contribution >= 0.6 is 0 Å². The third-order valence-corrected chi connectivity index (χ3v) is 3.91. The van der Waals surface area contributed by atoms with Gasteiger partial charge in [-0.1, -0.05) is 6.07 Å². The first kappa shape index (κ1) is 15.8. The topological polar surface area (TPSA) is 99.7 Å². The zero-order valence-electron chi connectivity index (χ0n) is 11.9. The van der Waals surface area contributed by atoms with Crippen molar-refractivity contribution in [3.63, 3.8) is 0 Å². The lowest BCUT2D eigenvalue weighted by molar-refractivity contribution is -0.120. The van der Waals surface area contributed by atoms with E-state index in [1.807, 2.05) is 0 Å². The van der Waals surface area contributed by atoms with Crippen molar-refractivity contribution in [2.75, 3.05) is 26.7 Å². The number of likely N-dealkylation sites (N-methyl/N-ethyl adjacent to an activating group) is 1. The van der Waals surface area contributed by atoms with Crippen molar-refractivity contribution in [3.05, 3.63) is 29.3 Å². The predicted octanol–water partition coefficient (Wildman–Crippen LogP) is -0.305. The SMILES string of the molecule is CN(CCO)CC1(O)CCC(C(N)=O)c2ccc(F)nc21. The number of nitrogens with two attached hydrogens (primary N) is 1. The first-order valence-corrected chi connectivity index (χ1v) is 6.85. The van der Waals surface area contributed by atoms with Crippen LogP contribution < -0.4 is 5.73 Å². The fraction of sp³-hybridized carbons (Fsp3) is 0.571. The van der Waals surface area contributed by atoms with Crippen LogP contribution in [0, 0.1) is 5.95 Å². The van der Waals surface area contributed by atoms with E-state index in [-0.39, 0.29) is 25.3 Å². The molecular weight excluding hydrogens is 277 g/mol. The summed E-state index contributed by atoms with van der Waals surface area (Å²) in [5.41, 5.74) is 4.67. The van der Waals surface area contributed by atoms with Crippen LogP contribution in [0.15, 0.2) is 12.1 Å². The van der Waals surface area contributed by atoms with Crippen molar-refractivity contribution in [2.45, 2.75) is 24.4 Å². The minimum Gasteiger partial charge on any atom is -0.395 e. The molecule has 2 atom stereocenters. The number of hydrogen-bond donors (Lipinski definition) is 3. The number of aliphatic hydroxyl groups is 2. The Bertz CT molecular complexity index is 540. The van der Waals surface area contributed by atoms with Gasteiger partial charge in [-0.05, 0) is 31.5 Å². The lowest BCUT2D eigenvalue weighted by Crippen LogP contribution is -2.45. The van der Waals surface area contributed by atoms with Gasteiger partial charge >= 0.3 is 0 Å². The minimum atomic E-state index is -1.35. The molecule has 116 valence electrons. The maximum Gasteiger partial charge on any atom is 0.225 e. The number of aliphatic hydroxyl groups excluding tert-OH is 1. The lowest BCUT2D eigenvalue weighted by Gasteiger charge is -2.38. The highest BCUT2D eigenvalue weighted by Crippen LogP contribution is 2.40. The van der Waals surface area contributed by atoms with Gasteiger partial charge in [0.1, 0.15) is 5.60 Å². The van der Waals surface area contributed by atoms with Gasteiger partial charge in [0.25, 0.3) is 0 Å². The van der Waals surface area contributed by atoms with Crippen LogP contribution in [-0.2, 0) is 10.4 Å². The highest BCUT2D eigenvalue weighted by atomic mass is 19.1. The number of fused-ring (bicyclic) bond motifs is 1. The van der Waals surface area contributed by atoms with Gasteiger partial charge < -0.3 is 20.8 Å². The van der Waals surface area contributed by atoms with Gasteiger partial charge in [0.15, 0.2) is 0 Å². The van der Waals surface area contributed by atoms with E-state index in [1.54, 1.807) is 11.9 Å². The number of halogens is 1. The summed E-state index contributed by atoms with van der Waals surface area (Å²) >= 11 is 0. The molecule has 0 saturated heterocycles. The van der Waals surface area contributed by atoms with Gasteiger partial charge in [-0.25, -0.2) is 4.98 Å². The molecule has 4 N–H and O–H groups in total. The fourth-order valence-corrected chi connectivity index (χ4v) is 2.90. The minimum absolute atomic E-state index is 0.0417. The van der Waals surface area contributed by atoms with E-state index in [9.17, 15) is 14.3 Å². The Balaban J connectivity index is 2.39. The third kappa shape index (κ3) is 3.20. The Kier molecular flexibility index (Phi) is 4.55. The second-order valence-electron chi connectivity index (χ2n) is 5.56. The van der Waals surface area contributed by atoms with Gasteiger partial charge in [-0.3, -0.25) is 4.79 Å². The third-order valence-electron chi connectivity index (χ3n) is 3.91. The second-order valence-corrected chi connectivity index (χ2v) is 5.56. The Hall–Kier alpha value is -1.57. The Labute approximate surface area is 122 Å². The van der Waals surface area contributed by atoms with Crippen LogP contribution in [0.25, 0.3) is 0 Å². The number of carbonyl (C=O) groups excluding carboxylic acids is 1. The predicted molar refractivity (Wildman–Crippen MR) is 73.8 cm³/mol. The van der Waals surface area contributed by atoms with Gasteiger partial charge in [0, 0.05) is 13.1 Å². The number of hydrogen-bond acceptors (Lipinski definition) is 5. The molecule has 0 saturated carbocycles. The summed E-state index contributed by atoms with van der Waals surface area (Å²) in [5, 5.41) is 19.8. The van der Waals surface area contributed by atoms with Crippen LogP contribution in [0.1, 0.15) is 30.0 Å². The zero-order chi connectivity index (χ0) is 15.6. The summed E-state index contributed by atoms with van der Waals surface area (Å²) in [6, 6.07) is 2.63. The van der Waals surface area contributed by atoms with E-state index in [0.717, 1.165) is 6.07 Å². The molecule has 2 rings (SSSR count). The molecule has 1 heterocycles. The summed E-state index contributed by atoms with van der Waals surface area (Å²) in [6.07, 6.45) is 0.652. The molecule has 1 aromatic rings. The van der Waals surface area contributed by atoms with Crippen molar-refractivity contribution >= 4 is 5.91 Å². The smallest absolute Gasteiger partial charge is 0.225 e. The first-order chi connectivity index (χ1) is 9.87. The molecular formula is C14H20FN3O3. The quantitative estimate of drug-likeness (QED) is 0.648. The Morgan fingerprint density at radius 1 is 1.62 bits per heavy atom. The second kappa shape index (κ2) is 6.05. The van der Waals surface area contributed by atoms with Crippen LogP contribution in [0.2, 0.25) is 0 Å². The summed E-state index contributed by atoms with van der Waals surface area (Å²) in [5.74, 6) is -1.77. The molecule has 0 aromatic carbocycles. The largest absolute Gasteiger partial charge is 0.395 e. The highest BCUT2D eigenvalue weighted by molar-refractivity contribution is 5.82. The number of aromatic nitrogens is 1. The number of rotatable bonds is 5. The molecule has 0 fully saturated rings. The van der Waals surface area contributed by atoms with E-state index >= 15 is 0 Å². The molecule has 0 spiro atoms. The lowest BCUT2D eigenvalue weighted by atomic mass is 9.76. The molecule has 2 unspecified atom stereocenters. The van der Waals surface area contributed by atoms with E-state index in [0.29, 0.717) is 18.5 Å². The monoisotopic (exact) mass is 297 g/mol. The van der Waals surface area contributed by atoms with Crippen LogP contribution in [0.3, 0.4) is 0 Å². The molecule has 1 aromatic heterocycles. The molecule has 1 amide bonds. The number of pyridine rings is 1. The van der Waals surface area contributed by atoms with Crippen molar-refractivity contribution < 1.29 is 19.4 Å². The molecule has 0 radical (unpaired) electrons. The molecule has 0 bridgehead atoms. The van der Waals surface area contributed by atoms with Gasteiger partial charge in [0.05, 0.1) is 18.2 Å². The van der Waals surface area contributed by atoms with E-state index < -0.39 is 23.4 Å². The van der Waals surface area contributed by atoms with Crippen molar-refractivity contribution in [1.29, 1.82) is 0 Å². The van der Waals surface area contributed by atoms with Crippen molar-refractivity contribution in [2.24, 2.45) is 5.73 Å². The number of primary amides is 1. The number of carbonyl (C=O) groups is 1. The maximum absolute atomic E-state index is 13.5. The molecule has 7 heteroatoms. The van der Waals surface area contributed by atoms with E-state index in [1.165, 1.54) is 6.07 Å². The fourth-order valence-electron chi connectivity index (χ4n) is 2.90. The average Bonchev–Trinajstić information content (AvgIpc) is 2.39. The Morgan fingerprint density at radius 3 is 2.95 bits per heavy atom. The number of nitrogens with zero attached hydrogens (tertiary/aromatic N) is 2. The normalized spacial score (nSPS) is 24.9.